The van der Waals surface area contributed by atoms with Crippen LogP contribution in [0.3, 0.4) is 0 Å². The number of amides is 1. The zero-order valence-corrected chi connectivity index (χ0v) is 6.83. The third-order valence-corrected chi connectivity index (χ3v) is 1.00. The first-order chi connectivity index (χ1) is 5.93. The van der Waals surface area contributed by atoms with Crippen LogP contribution in [0.25, 0.3) is 0 Å². The summed E-state index contributed by atoms with van der Waals surface area (Å²) in [6.45, 7) is 1.62. The molecule has 0 fully saturated rings. The molecule has 1 aromatic heterocycles. The van der Waals surface area contributed by atoms with E-state index in [4.69, 9.17) is 9.90 Å². The van der Waals surface area contributed by atoms with Crippen LogP contribution in [0.4, 0.5) is 4.79 Å². The lowest BCUT2D eigenvalue weighted by molar-refractivity contribution is 0.205. The highest BCUT2D eigenvalue weighted by molar-refractivity contribution is 5.61. The van der Waals surface area contributed by atoms with E-state index in [9.17, 15) is 9.59 Å². The number of aromatic amines is 2. The average Bonchev–Trinajstić information content (AvgIpc) is 1.96. The number of hydrogen-bond donors (Lipinski definition) is 4. The lowest BCUT2D eigenvalue weighted by Gasteiger charge is -1.84. The Morgan fingerprint density at radius 3 is 2.31 bits per heavy atom. The van der Waals surface area contributed by atoms with Crippen LogP contribution < -0.4 is 17.0 Å². The van der Waals surface area contributed by atoms with Crippen LogP contribution >= 0.6 is 0 Å². The van der Waals surface area contributed by atoms with E-state index in [0.29, 0.717) is 5.56 Å². The number of nitrogens with one attached hydrogen (secondary N) is 2. The SMILES string of the molecule is Cc1c[nH]c(=O)[nH]c1=O.NC(=O)O. The van der Waals surface area contributed by atoms with Crippen LogP contribution in [0.1, 0.15) is 5.56 Å². The van der Waals surface area contributed by atoms with Gasteiger partial charge in [0, 0.05) is 11.8 Å². The van der Waals surface area contributed by atoms with Crippen LogP contribution in [0.5, 0.6) is 0 Å². The number of hydrogen-bond acceptors (Lipinski definition) is 3. The minimum atomic E-state index is -1.33. The summed E-state index contributed by atoms with van der Waals surface area (Å²) >= 11 is 0. The molecule has 72 valence electrons. The van der Waals surface area contributed by atoms with Gasteiger partial charge in [-0.05, 0) is 6.92 Å². The highest BCUT2D eigenvalue weighted by atomic mass is 16.4. The molecule has 7 nitrogen and oxygen atoms in total. The molecule has 0 aliphatic heterocycles. The fourth-order valence-corrected chi connectivity index (χ4v) is 0.477. The maximum absolute atomic E-state index is 10.6. The summed E-state index contributed by atoms with van der Waals surface area (Å²) < 4.78 is 0. The van der Waals surface area contributed by atoms with Gasteiger partial charge in [0.25, 0.3) is 5.56 Å². The van der Waals surface area contributed by atoms with Gasteiger partial charge in [0.1, 0.15) is 0 Å². The molecule has 0 saturated heterocycles. The van der Waals surface area contributed by atoms with Crippen molar-refractivity contribution < 1.29 is 9.90 Å². The summed E-state index contributed by atoms with van der Waals surface area (Å²) in [6, 6.07) is 0. The van der Waals surface area contributed by atoms with E-state index in [2.05, 4.69) is 15.7 Å². The van der Waals surface area contributed by atoms with Crippen molar-refractivity contribution in [2.24, 2.45) is 5.73 Å². The quantitative estimate of drug-likeness (QED) is 0.414. The van der Waals surface area contributed by atoms with Crippen LogP contribution in [0.15, 0.2) is 15.8 Å². The van der Waals surface area contributed by atoms with Crippen molar-refractivity contribution in [2.75, 3.05) is 0 Å². The second kappa shape index (κ2) is 4.75. The molecule has 0 bridgehead atoms. The topological polar surface area (TPSA) is 129 Å². The van der Waals surface area contributed by atoms with Crippen LogP contribution in [-0.4, -0.2) is 21.2 Å². The number of aromatic nitrogens is 2. The number of primary amides is 1. The van der Waals surface area contributed by atoms with Crippen molar-refractivity contribution in [3.63, 3.8) is 0 Å². The Kier molecular flexibility index (Phi) is 4.00. The molecule has 0 unspecified atom stereocenters. The summed E-state index contributed by atoms with van der Waals surface area (Å²) in [5.74, 6) is 0. The number of carboxylic acid groups (broad SMARTS) is 1. The first-order valence-corrected chi connectivity index (χ1v) is 3.20. The van der Waals surface area contributed by atoms with E-state index < -0.39 is 11.8 Å². The predicted octanol–water partition coefficient (Wildman–Crippen LogP) is -1.01. The van der Waals surface area contributed by atoms with E-state index in [-0.39, 0.29) is 5.56 Å². The zero-order valence-electron chi connectivity index (χ0n) is 6.83. The third kappa shape index (κ3) is 5.24. The summed E-state index contributed by atoms with van der Waals surface area (Å²) in [5.41, 5.74) is 3.74. The fraction of sp³-hybridized carbons (Fsp3) is 0.167. The van der Waals surface area contributed by atoms with Gasteiger partial charge < -0.3 is 15.8 Å². The molecule has 0 aliphatic carbocycles. The molecule has 5 N–H and O–H groups in total. The normalized spacial score (nSPS) is 8.38. The minimum Gasteiger partial charge on any atom is -0.465 e. The highest BCUT2D eigenvalue weighted by Crippen LogP contribution is 1.73. The number of aryl methyl sites for hydroxylation is 1. The summed E-state index contributed by atoms with van der Waals surface area (Å²) in [6.07, 6.45) is 0.0428. The second-order valence-electron chi connectivity index (χ2n) is 2.09. The molecule has 1 aromatic rings. The van der Waals surface area contributed by atoms with Crippen LogP contribution in [-0.2, 0) is 0 Å². The lowest BCUT2D eigenvalue weighted by atomic mass is 10.4. The Hall–Kier alpha value is -2.05. The maximum atomic E-state index is 10.6. The summed E-state index contributed by atoms with van der Waals surface area (Å²) in [4.78, 5) is 34.1. The molecular formula is C6H9N3O4. The van der Waals surface area contributed by atoms with Gasteiger partial charge in [0.05, 0.1) is 0 Å². The highest BCUT2D eigenvalue weighted by Gasteiger charge is 1.88. The Bertz CT molecular complexity index is 387. The molecule has 0 atom stereocenters. The first-order valence-electron chi connectivity index (χ1n) is 3.20. The number of nitrogens with two attached hydrogens (primary N) is 1. The molecule has 0 saturated carbocycles. The molecule has 0 spiro atoms. The van der Waals surface area contributed by atoms with Crippen molar-refractivity contribution in [1.29, 1.82) is 0 Å². The zero-order chi connectivity index (χ0) is 10.4. The minimum absolute atomic E-state index is 0.334. The van der Waals surface area contributed by atoms with Gasteiger partial charge in [-0.1, -0.05) is 0 Å². The van der Waals surface area contributed by atoms with Gasteiger partial charge >= 0.3 is 11.8 Å². The van der Waals surface area contributed by atoms with Crippen molar-refractivity contribution in [2.45, 2.75) is 6.92 Å². The van der Waals surface area contributed by atoms with Crippen molar-refractivity contribution in [3.8, 4) is 0 Å². The summed E-state index contributed by atoms with van der Waals surface area (Å²) in [5, 5.41) is 7.19. The number of rotatable bonds is 0. The third-order valence-electron chi connectivity index (χ3n) is 1.00. The molecule has 7 heteroatoms. The monoisotopic (exact) mass is 187 g/mol. The summed E-state index contributed by atoms with van der Waals surface area (Å²) in [7, 11) is 0. The van der Waals surface area contributed by atoms with Crippen LogP contribution in [0.2, 0.25) is 0 Å². The number of H-pyrrole nitrogens is 2. The lowest BCUT2D eigenvalue weighted by Crippen LogP contribution is -2.22. The average molecular weight is 187 g/mol. The molecular weight excluding hydrogens is 178 g/mol. The Balaban J connectivity index is 0.000000310. The molecule has 1 rings (SSSR count). The van der Waals surface area contributed by atoms with Gasteiger partial charge in [-0.15, -0.1) is 0 Å². The number of carbonyl (C=O) groups is 1. The van der Waals surface area contributed by atoms with Crippen molar-refractivity contribution >= 4 is 6.09 Å². The molecule has 1 amide bonds. The maximum Gasteiger partial charge on any atom is 0.402 e. The largest absolute Gasteiger partial charge is 0.465 e. The standard InChI is InChI=1S/C5H6N2O2.CH3NO2/c1-3-2-6-5(9)7-4(3)8;2-1(3)4/h2H,1H3,(H2,6,7,8,9);2H2,(H,3,4). The first kappa shape index (κ1) is 11.0. The predicted molar refractivity (Wildman–Crippen MR) is 44.6 cm³/mol. The van der Waals surface area contributed by atoms with Gasteiger partial charge in [-0.3, -0.25) is 9.78 Å². The molecule has 1 heterocycles. The Morgan fingerprint density at radius 2 is 2.00 bits per heavy atom. The smallest absolute Gasteiger partial charge is 0.402 e. The molecule has 0 radical (unpaired) electrons. The van der Waals surface area contributed by atoms with Crippen molar-refractivity contribution in [1.82, 2.24) is 9.97 Å². The van der Waals surface area contributed by atoms with Gasteiger partial charge in [0.15, 0.2) is 0 Å². The Morgan fingerprint density at radius 1 is 1.54 bits per heavy atom. The van der Waals surface area contributed by atoms with E-state index in [1.807, 2.05) is 0 Å². The molecule has 13 heavy (non-hydrogen) atoms. The molecule has 0 aliphatic rings. The van der Waals surface area contributed by atoms with Crippen molar-refractivity contribution in [3.05, 3.63) is 32.6 Å². The van der Waals surface area contributed by atoms with Crippen LogP contribution in [0, 0.1) is 6.92 Å². The molecule has 0 aromatic carbocycles. The fourth-order valence-electron chi connectivity index (χ4n) is 0.477. The van der Waals surface area contributed by atoms with Gasteiger partial charge in [0.2, 0.25) is 0 Å². The van der Waals surface area contributed by atoms with E-state index in [0.717, 1.165) is 0 Å². The Labute approximate surface area is 72.2 Å². The second-order valence-corrected chi connectivity index (χ2v) is 2.09. The van der Waals surface area contributed by atoms with E-state index in [1.54, 1.807) is 6.92 Å². The van der Waals surface area contributed by atoms with E-state index in [1.165, 1.54) is 6.20 Å². The van der Waals surface area contributed by atoms with E-state index >= 15 is 0 Å². The van der Waals surface area contributed by atoms with Gasteiger partial charge in [-0.2, -0.15) is 0 Å². The van der Waals surface area contributed by atoms with Gasteiger partial charge in [-0.25, -0.2) is 9.59 Å².